The highest BCUT2D eigenvalue weighted by Crippen LogP contribution is 2.37. The van der Waals surface area contributed by atoms with Crippen molar-refractivity contribution < 1.29 is 33.8 Å². The Kier molecular flexibility index (Phi) is 17.4. The highest BCUT2D eigenvalue weighted by atomic mass is 32.1. The fourth-order valence-corrected chi connectivity index (χ4v) is 7.96. The number of ether oxygens (including phenoxy) is 1. The molecule has 0 saturated carbocycles. The molecule has 58 heavy (non-hydrogen) atoms. The van der Waals surface area contributed by atoms with Crippen molar-refractivity contribution in [1.82, 2.24) is 31.2 Å². The number of hydrogen-bond donors (Lipinski definition) is 6. The molecule has 1 aromatic carbocycles. The predicted molar refractivity (Wildman–Crippen MR) is 226 cm³/mol. The van der Waals surface area contributed by atoms with Gasteiger partial charge in [-0.25, -0.2) is 4.98 Å². The minimum absolute atomic E-state index is 0.0613. The fraction of sp³-hybridized carbons (Fsp3) is 0.643. The zero-order chi connectivity index (χ0) is 43.5. The Hall–Kier alpha value is -4.41. The first-order chi connectivity index (χ1) is 27.1. The van der Waals surface area contributed by atoms with Gasteiger partial charge in [0.25, 0.3) is 0 Å². The van der Waals surface area contributed by atoms with Crippen LogP contribution in [0.3, 0.4) is 0 Å². The topological polar surface area (TPSA) is 217 Å². The Morgan fingerprint density at radius 2 is 1.66 bits per heavy atom. The van der Waals surface area contributed by atoms with Crippen LogP contribution in [-0.4, -0.2) is 107 Å². The molecule has 7 N–H and O–H groups in total. The molecule has 1 aromatic heterocycles. The van der Waals surface area contributed by atoms with Gasteiger partial charge in [0.2, 0.25) is 23.6 Å². The predicted octanol–water partition coefficient (Wildman–Crippen LogP) is 3.30. The number of aromatic nitrogens is 1. The number of nitrogens with one attached hydrogen (secondary N) is 4. The highest BCUT2D eigenvalue weighted by Gasteiger charge is 2.47. The van der Waals surface area contributed by atoms with Crippen LogP contribution in [0.1, 0.15) is 105 Å². The van der Waals surface area contributed by atoms with Gasteiger partial charge in [0, 0.05) is 17.5 Å². The Balaban J connectivity index is 2.19. The molecule has 3 rings (SSSR count). The molecule has 0 spiro atoms. The van der Waals surface area contributed by atoms with Crippen LogP contribution in [0.2, 0.25) is 0 Å². The molecule has 0 aliphatic carbocycles. The maximum Gasteiger partial charge on any atom is 0.308 e. The number of benzene rings is 1. The van der Waals surface area contributed by atoms with Gasteiger partial charge in [-0.3, -0.25) is 29.0 Å². The average Bonchev–Trinajstić information content (AvgIpc) is 3.85. The smallest absolute Gasteiger partial charge is 0.308 e. The van der Waals surface area contributed by atoms with E-state index in [9.17, 15) is 24.3 Å². The maximum absolute atomic E-state index is 15.6. The van der Waals surface area contributed by atoms with Crippen LogP contribution in [0.25, 0.3) is 0 Å². The lowest BCUT2D eigenvalue weighted by molar-refractivity contribution is -0.151. The lowest BCUT2D eigenvalue weighted by Gasteiger charge is -2.44. The standard InChI is InChI=1S/C42H66N8O7S/c1-24(2)30(47-38(55)31-25(3)17-18-44-31)37(54)49-33(41(5,6)7)36(45-19-21-51)48-34(42(8,9)10)40(56)50(28(23-29(52)57-11)39-46-20-22-58-39)32(35(43)53)26(4)27-15-13-12-14-16-27/h12-16,20,22,24-26,28,30-34,44,51H,17-19,21,23H2,1-11H3,(H2,43,53)(H,45,48)(H,47,55)(H,49,54)/t25?,26-,28+,30-,31-,32-,33+,34+/m0/s1. The summed E-state index contributed by atoms with van der Waals surface area (Å²) < 4.78 is 5.09. The van der Waals surface area contributed by atoms with E-state index in [4.69, 9.17) is 15.5 Å². The van der Waals surface area contributed by atoms with Gasteiger partial charge in [0.15, 0.2) is 0 Å². The SMILES string of the molecule is COC(=O)C[C@H](c1nccs1)N(C(=O)[C@@H](NC(=NCCO)[C@@H](NC(=O)[C@@H](NC(=O)[C@H]1NCCC1C)C(C)C)C(C)(C)C)C(C)(C)C)[C@H](C(N)=O)[C@@H](C)c1ccccc1. The van der Waals surface area contributed by atoms with Crippen molar-refractivity contribution in [2.75, 3.05) is 26.8 Å². The zero-order valence-corrected chi connectivity index (χ0v) is 36.8. The summed E-state index contributed by atoms with van der Waals surface area (Å²) in [5.41, 5.74) is 5.35. The van der Waals surface area contributed by atoms with Gasteiger partial charge in [0.1, 0.15) is 29.0 Å². The molecule has 2 aromatic rings. The zero-order valence-electron chi connectivity index (χ0n) is 36.0. The number of aliphatic hydroxyl groups is 1. The first kappa shape index (κ1) is 48.0. The van der Waals surface area contributed by atoms with Gasteiger partial charge in [-0.05, 0) is 41.2 Å². The number of rotatable bonds is 18. The summed E-state index contributed by atoms with van der Waals surface area (Å²) in [7, 11) is 1.25. The normalized spacial score (nSPS) is 19.3. The molecule has 4 amide bonds. The van der Waals surface area contributed by atoms with Gasteiger partial charge >= 0.3 is 5.97 Å². The lowest BCUT2D eigenvalue weighted by atomic mass is 9.81. The number of carbonyl (C=O) groups is 5. The molecule has 15 nitrogen and oxygen atoms in total. The monoisotopic (exact) mass is 826 g/mol. The third-order valence-corrected chi connectivity index (χ3v) is 11.5. The summed E-state index contributed by atoms with van der Waals surface area (Å²) in [5.74, 6) is -3.29. The second kappa shape index (κ2) is 21.0. The minimum atomic E-state index is -1.26. The van der Waals surface area contributed by atoms with Gasteiger partial charge in [-0.1, -0.05) is 99.6 Å². The van der Waals surface area contributed by atoms with E-state index in [2.05, 4.69) is 26.3 Å². The summed E-state index contributed by atoms with van der Waals surface area (Å²) in [5, 5.41) is 24.8. The molecule has 0 radical (unpaired) electrons. The Morgan fingerprint density at radius 3 is 2.14 bits per heavy atom. The van der Waals surface area contributed by atoms with E-state index in [1.54, 1.807) is 18.5 Å². The third-order valence-electron chi connectivity index (χ3n) is 10.6. The van der Waals surface area contributed by atoms with Gasteiger partial charge in [0.05, 0.1) is 44.8 Å². The largest absolute Gasteiger partial charge is 0.469 e. The van der Waals surface area contributed by atoms with E-state index in [0.717, 1.165) is 12.0 Å². The molecule has 8 atom stereocenters. The van der Waals surface area contributed by atoms with Crippen LogP contribution in [0.15, 0.2) is 46.9 Å². The molecule has 322 valence electrons. The van der Waals surface area contributed by atoms with Crippen molar-refractivity contribution in [1.29, 1.82) is 0 Å². The van der Waals surface area contributed by atoms with Crippen LogP contribution >= 0.6 is 11.3 Å². The highest BCUT2D eigenvalue weighted by molar-refractivity contribution is 7.09. The molecule has 0 bridgehead atoms. The van der Waals surface area contributed by atoms with Crippen LogP contribution in [0.5, 0.6) is 0 Å². The van der Waals surface area contributed by atoms with Crippen LogP contribution < -0.4 is 27.0 Å². The van der Waals surface area contributed by atoms with E-state index >= 15 is 4.79 Å². The summed E-state index contributed by atoms with van der Waals surface area (Å²) >= 11 is 1.22. The molecule has 1 aliphatic rings. The number of amidine groups is 1. The molecule has 2 heterocycles. The van der Waals surface area contributed by atoms with Crippen molar-refractivity contribution in [2.45, 2.75) is 124 Å². The van der Waals surface area contributed by atoms with E-state index in [1.165, 1.54) is 23.3 Å². The quantitative estimate of drug-likeness (QED) is 0.0733. The number of amides is 4. The Morgan fingerprint density at radius 1 is 1.02 bits per heavy atom. The molecule has 1 unspecified atom stereocenters. The number of aliphatic imine (C=N–C) groups is 1. The second-order valence-electron chi connectivity index (χ2n) is 17.6. The summed E-state index contributed by atoms with van der Waals surface area (Å²) in [6.07, 6.45) is 2.09. The second-order valence-corrected chi connectivity index (χ2v) is 18.6. The number of primary amides is 1. The number of esters is 1. The van der Waals surface area contributed by atoms with Crippen molar-refractivity contribution >= 4 is 46.8 Å². The number of hydrogen-bond acceptors (Lipinski definition) is 11. The maximum atomic E-state index is 15.6. The van der Waals surface area contributed by atoms with Gasteiger partial charge in [-0.15, -0.1) is 11.3 Å². The minimum Gasteiger partial charge on any atom is -0.469 e. The third kappa shape index (κ3) is 12.5. The summed E-state index contributed by atoms with van der Waals surface area (Å²) in [6, 6.07) is 3.55. The number of nitrogens with zero attached hydrogens (tertiary/aromatic N) is 3. The van der Waals surface area contributed by atoms with Crippen LogP contribution in [0, 0.1) is 22.7 Å². The number of methoxy groups -OCH3 is 1. The average molecular weight is 827 g/mol. The van der Waals surface area contributed by atoms with Gasteiger partial charge < -0.3 is 41.7 Å². The lowest BCUT2D eigenvalue weighted by Crippen LogP contribution is -2.65. The summed E-state index contributed by atoms with van der Waals surface area (Å²) in [4.78, 5) is 80.6. The molecule has 16 heteroatoms. The van der Waals surface area contributed by atoms with Gasteiger partial charge in [-0.2, -0.15) is 0 Å². The first-order valence-corrected chi connectivity index (χ1v) is 20.9. The van der Waals surface area contributed by atoms with Crippen LogP contribution in [-0.2, 0) is 28.7 Å². The number of thiazole rings is 1. The van der Waals surface area contributed by atoms with Crippen molar-refractivity contribution in [2.24, 2.45) is 33.4 Å². The molecular weight excluding hydrogens is 761 g/mol. The number of carbonyl (C=O) groups excluding carboxylic acids is 5. The molecule has 1 fully saturated rings. The molecule has 1 aliphatic heterocycles. The first-order valence-electron chi connectivity index (χ1n) is 20.0. The van der Waals surface area contributed by atoms with Crippen molar-refractivity contribution in [3.8, 4) is 0 Å². The number of aliphatic hydroxyl groups excluding tert-OH is 1. The molecular formula is C42H66N8O7S. The van der Waals surface area contributed by atoms with E-state index < -0.39 is 76.7 Å². The Labute approximate surface area is 347 Å². The summed E-state index contributed by atoms with van der Waals surface area (Å²) in [6.45, 7) is 19.1. The Bertz CT molecular complexity index is 1710. The van der Waals surface area contributed by atoms with E-state index in [1.807, 2.05) is 92.6 Å². The number of nitrogens with two attached hydrogens (primary N) is 1. The van der Waals surface area contributed by atoms with Crippen molar-refractivity contribution in [3.05, 3.63) is 52.5 Å². The van der Waals surface area contributed by atoms with Crippen molar-refractivity contribution in [3.63, 3.8) is 0 Å². The van der Waals surface area contributed by atoms with E-state index in [-0.39, 0.29) is 43.2 Å². The molecule has 1 saturated heterocycles. The van der Waals surface area contributed by atoms with E-state index in [0.29, 0.717) is 11.6 Å². The van der Waals surface area contributed by atoms with Crippen LogP contribution in [0.4, 0.5) is 0 Å². The fourth-order valence-electron chi connectivity index (χ4n) is 7.22.